The molecule has 1 atom stereocenters. The molecule has 1 aromatic carbocycles. The molecule has 0 spiro atoms. The van der Waals surface area contributed by atoms with E-state index in [1.807, 2.05) is 6.07 Å². The largest absolute Gasteiger partial charge is 0.481 e. The summed E-state index contributed by atoms with van der Waals surface area (Å²) >= 11 is 0. The Morgan fingerprint density at radius 3 is 2.89 bits per heavy atom. The van der Waals surface area contributed by atoms with E-state index in [0.717, 1.165) is 24.4 Å². The number of fused-ring (bicyclic) bond motifs is 1. The van der Waals surface area contributed by atoms with E-state index in [9.17, 15) is 4.79 Å². The first-order valence-electron chi connectivity index (χ1n) is 7.25. The molecule has 3 rings (SSSR count). The van der Waals surface area contributed by atoms with Gasteiger partial charge in [0.05, 0.1) is 5.92 Å². The van der Waals surface area contributed by atoms with E-state index >= 15 is 0 Å². The zero-order chi connectivity index (χ0) is 13.4. The molecular formula is C16H21NO2. The Kier molecular flexibility index (Phi) is 3.21. The lowest BCUT2D eigenvalue weighted by molar-refractivity contribution is -0.138. The van der Waals surface area contributed by atoms with Crippen LogP contribution in [0.25, 0.3) is 0 Å². The molecule has 102 valence electrons. The predicted octanol–water partition coefficient (Wildman–Crippen LogP) is 3.04. The fourth-order valence-electron chi connectivity index (χ4n) is 3.08. The van der Waals surface area contributed by atoms with Crippen LogP contribution in [0.1, 0.15) is 43.2 Å². The first-order valence-corrected chi connectivity index (χ1v) is 7.25. The van der Waals surface area contributed by atoms with Gasteiger partial charge in [-0.15, -0.1) is 0 Å². The fourth-order valence-corrected chi connectivity index (χ4v) is 3.08. The fraction of sp³-hybridized carbons (Fsp3) is 0.562. The van der Waals surface area contributed by atoms with Gasteiger partial charge < -0.3 is 10.0 Å². The summed E-state index contributed by atoms with van der Waals surface area (Å²) in [6.45, 7) is 4.03. The molecule has 1 saturated carbocycles. The highest BCUT2D eigenvalue weighted by atomic mass is 16.4. The normalized spacial score (nSPS) is 19.9. The summed E-state index contributed by atoms with van der Waals surface area (Å²) in [6.07, 6.45) is 5.20. The van der Waals surface area contributed by atoms with Crippen LogP contribution in [0.3, 0.4) is 0 Å². The third-order valence-electron chi connectivity index (χ3n) is 4.67. The van der Waals surface area contributed by atoms with Gasteiger partial charge in [-0.2, -0.15) is 0 Å². The van der Waals surface area contributed by atoms with Gasteiger partial charge in [-0.3, -0.25) is 4.79 Å². The maximum atomic E-state index is 11.0. The van der Waals surface area contributed by atoms with Gasteiger partial charge in [0.2, 0.25) is 0 Å². The Morgan fingerprint density at radius 1 is 1.47 bits per heavy atom. The van der Waals surface area contributed by atoms with Crippen LogP contribution < -0.4 is 4.90 Å². The van der Waals surface area contributed by atoms with Crippen LogP contribution in [-0.2, 0) is 11.2 Å². The summed E-state index contributed by atoms with van der Waals surface area (Å²) in [6, 6.07) is 6.20. The molecule has 3 heteroatoms. The van der Waals surface area contributed by atoms with E-state index in [1.54, 1.807) is 6.92 Å². The average molecular weight is 259 g/mol. The second-order valence-corrected chi connectivity index (χ2v) is 5.94. The number of carboxylic acids is 1. The lowest BCUT2D eigenvalue weighted by Crippen LogP contribution is -2.31. The second-order valence-electron chi connectivity index (χ2n) is 5.94. The Hall–Kier alpha value is -1.51. The molecule has 1 fully saturated rings. The van der Waals surface area contributed by atoms with Gasteiger partial charge >= 0.3 is 5.97 Å². The molecular weight excluding hydrogens is 238 g/mol. The molecule has 1 aromatic rings. The maximum absolute atomic E-state index is 11.0. The van der Waals surface area contributed by atoms with Gasteiger partial charge in [0.1, 0.15) is 0 Å². The molecule has 0 amide bonds. The van der Waals surface area contributed by atoms with Crippen molar-refractivity contribution in [2.24, 2.45) is 5.92 Å². The third-order valence-corrected chi connectivity index (χ3v) is 4.67. The van der Waals surface area contributed by atoms with E-state index in [4.69, 9.17) is 5.11 Å². The number of nitrogens with zero attached hydrogens (tertiary/aromatic N) is 1. The van der Waals surface area contributed by atoms with E-state index in [1.165, 1.54) is 37.1 Å². The van der Waals surface area contributed by atoms with Crippen LogP contribution in [0.4, 0.5) is 5.69 Å². The lowest BCUT2D eigenvalue weighted by atomic mass is 9.85. The molecule has 0 saturated heterocycles. The molecule has 2 aliphatic rings. The molecule has 0 radical (unpaired) electrons. The number of hydrogen-bond donors (Lipinski definition) is 1. The van der Waals surface area contributed by atoms with Crippen LogP contribution in [-0.4, -0.2) is 24.2 Å². The van der Waals surface area contributed by atoms with Crippen molar-refractivity contribution in [3.63, 3.8) is 0 Å². The zero-order valence-electron chi connectivity index (χ0n) is 11.4. The average Bonchev–Trinajstić information content (AvgIpc) is 2.75. The number of carbonyl (C=O) groups is 1. The van der Waals surface area contributed by atoms with E-state index in [-0.39, 0.29) is 0 Å². The van der Waals surface area contributed by atoms with E-state index < -0.39 is 11.9 Å². The summed E-state index contributed by atoms with van der Waals surface area (Å²) in [4.78, 5) is 13.5. The Balaban J connectivity index is 1.77. The van der Waals surface area contributed by atoms with Crippen molar-refractivity contribution < 1.29 is 9.90 Å². The molecule has 0 bridgehead atoms. The highest BCUT2D eigenvalue weighted by molar-refractivity contribution is 5.76. The number of carboxylic acid groups (broad SMARTS) is 1. The summed E-state index contributed by atoms with van der Waals surface area (Å²) in [7, 11) is 0. The standard InChI is InChI=1S/C16H21NO2/c1-11(16(18)19)13-5-6-15-14(9-13)7-8-17(15)10-12-3-2-4-12/h5-6,9,11-12H,2-4,7-8,10H2,1H3,(H,18,19). The smallest absolute Gasteiger partial charge is 0.310 e. The lowest BCUT2D eigenvalue weighted by Gasteiger charge is -2.31. The second kappa shape index (κ2) is 4.87. The highest BCUT2D eigenvalue weighted by Gasteiger charge is 2.26. The van der Waals surface area contributed by atoms with Crippen LogP contribution >= 0.6 is 0 Å². The van der Waals surface area contributed by atoms with E-state index in [0.29, 0.717) is 0 Å². The summed E-state index contributed by atoms with van der Waals surface area (Å²) in [5.74, 6) is -0.279. The van der Waals surface area contributed by atoms with Gasteiger partial charge in [0, 0.05) is 18.8 Å². The number of aliphatic carboxylic acids is 1. The molecule has 1 heterocycles. The first-order chi connectivity index (χ1) is 9.15. The molecule has 1 aliphatic carbocycles. The molecule has 19 heavy (non-hydrogen) atoms. The highest BCUT2D eigenvalue weighted by Crippen LogP contribution is 2.34. The number of hydrogen-bond acceptors (Lipinski definition) is 2. The van der Waals surface area contributed by atoms with Crippen LogP contribution in [0.15, 0.2) is 18.2 Å². The van der Waals surface area contributed by atoms with Crippen LogP contribution in [0, 0.1) is 5.92 Å². The van der Waals surface area contributed by atoms with Crippen LogP contribution in [0.2, 0.25) is 0 Å². The van der Waals surface area contributed by atoms with Gasteiger partial charge in [0.15, 0.2) is 0 Å². The van der Waals surface area contributed by atoms with Gasteiger partial charge in [-0.05, 0) is 49.3 Å². The minimum absolute atomic E-state index is 0.411. The van der Waals surface area contributed by atoms with Crippen molar-refractivity contribution >= 4 is 11.7 Å². The third kappa shape index (κ3) is 2.34. The Morgan fingerprint density at radius 2 is 2.26 bits per heavy atom. The van der Waals surface area contributed by atoms with Crippen molar-refractivity contribution in [3.05, 3.63) is 29.3 Å². The molecule has 3 nitrogen and oxygen atoms in total. The Bertz CT molecular complexity index is 494. The summed E-state index contributed by atoms with van der Waals surface area (Å²) < 4.78 is 0. The van der Waals surface area contributed by atoms with Gasteiger partial charge in [-0.25, -0.2) is 0 Å². The van der Waals surface area contributed by atoms with Crippen molar-refractivity contribution in [3.8, 4) is 0 Å². The maximum Gasteiger partial charge on any atom is 0.310 e. The molecule has 0 aromatic heterocycles. The first kappa shape index (κ1) is 12.5. The monoisotopic (exact) mass is 259 g/mol. The molecule has 1 unspecified atom stereocenters. The number of rotatable bonds is 4. The molecule has 1 aliphatic heterocycles. The van der Waals surface area contributed by atoms with Crippen molar-refractivity contribution in [1.82, 2.24) is 0 Å². The van der Waals surface area contributed by atoms with Crippen molar-refractivity contribution in [2.45, 2.75) is 38.5 Å². The summed E-state index contributed by atoms with van der Waals surface area (Å²) in [5, 5.41) is 9.08. The van der Waals surface area contributed by atoms with Gasteiger partial charge in [-0.1, -0.05) is 18.6 Å². The quantitative estimate of drug-likeness (QED) is 0.903. The molecule has 1 N–H and O–H groups in total. The Labute approximate surface area is 114 Å². The topological polar surface area (TPSA) is 40.5 Å². The van der Waals surface area contributed by atoms with Gasteiger partial charge in [0.25, 0.3) is 0 Å². The van der Waals surface area contributed by atoms with Crippen molar-refractivity contribution in [2.75, 3.05) is 18.0 Å². The number of anilines is 1. The zero-order valence-corrected chi connectivity index (χ0v) is 11.4. The van der Waals surface area contributed by atoms with E-state index in [2.05, 4.69) is 17.0 Å². The minimum Gasteiger partial charge on any atom is -0.481 e. The van der Waals surface area contributed by atoms with Crippen LogP contribution in [0.5, 0.6) is 0 Å². The number of benzene rings is 1. The minimum atomic E-state index is -0.746. The van der Waals surface area contributed by atoms with Crippen molar-refractivity contribution in [1.29, 1.82) is 0 Å². The SMILES string of the molecule is CC(C(=O)O)c1ccc2c(c1)CCN2CC1CCC1. The predicted molar refractivity (Wildman–Crippen MR) is 75.8 cm³/mol. The summed E-state index contributed by atoms with van der Waals surface area (Å²) in [5.41, 5.74) is 3.58.